The number of hydrogen-bond acceptors (Lipinski definition) is 4. The van der Waals surface area contributed by atoms with Crippen LogP contribution in [0.25, 0.3) is 0 Å². The van der Waals surface area contributed by atoms with Crippen molar-refractivity contribution in [1.82, 2.24) is 16.0 Å². The SMILES string of the molecule is CCNC(=NCC(C)Oc1cccc(OC)c1)NCCNC(C)=O. The van der Waals surface area contributed by atoms with Gasteiger partial charge in [0, 0.05) is 32.6 Å². The Hall–Kier alpha value is -2.44. The first kappa shape index (κ1) is 19.6. The van der Waals surface area contributed by atoms with E-state index in [9.17, 15) is 4.79 Å². The normalized spacial score (nSPS) is 12.2. The van der Waals surface area contributed by atoms with E-state index < -0.39 is 0 Å². The average molecular weight is 336 g/mol. The van der Waals surface area contributed by atoms with Crippen LogP contribution < -0.4 is 25.4 Å². The number of guanidine groups is 1. The third-order valence-corrected chi connectivity index (χ3v) is 3.02. The molecule has 0 saturated heterocycles. The van der Waals surface area contributed by atoms with Gasteiger partial charge in [-0.1, -0.05) is 6.07 Å². The first-order valence-electron chi connectivity index (χ1n) is 8.12. The van der Waals surface area contributed by atoms with E-state index in [2.05, 4.69) is 20.9 Å². The Balaban J connectivity index is 2.46. The van der Waals surface area contributed by atoms with Crippen molar-refractivity contribution in [3.63, 3.8) is 0 Å². The second-order valence-electron chi connectivity index (χ2n) is 5.24. The minimum absolute atomic E-state index is 0.0425. The van der Waals surface area contributed by atoms with Crippen LogP contribution in [0.2, 0.25) is 0 Å². The fraction of sp³-hybridized carbons (Fsp3) is 0.529. The van der Waals surface area contributed by atoms with E-state index >= 15 is 0 Å². The number of nitrogens with one attached hydrogen (secondary N) is 3. The number of ether oxygens (including phenoxy) is 2. The molecule has 0 radical (unpaired) electrons. The van der Waals surface area contributed by atoms with Crippen LogP contribution in [0.4, 0.5) is 0 Å². The van der Waals surface area contributed by atoms with Crippen LogP contribution in [-0.4, -0.2) is 51.3 Å². The molecule has 1 aromatic rings. The van der Waals surface area contributed by atoms with Crippen LogP contribution in [-0.2, 0) is 4.79 Å². The van der Waals surface area contributed by atoms with E-state index in [0.29, 0.717) is 25.6 Å². The highest BCUT2D eigenvalue weighted by Gasteiger charge is 2.05. The maximum absolute atomic E-state index is 10.8. The highest BCUT2D eigenvalue weighted by molar-refractivity contribution is 5.79. The third-order valence-electron chi connectivity index (χ3n) is 3.02. The molecule has 0 aliphatic carbocycles. The van der Waals surface area contributed by atoms with Crippen molar-refractivity contribution in [2.75, 3.05) is 33.3 Å². The molecule has 1 atom stereocenters. The molecular weight excluding hydrogens is 308 g/mol. The lowest BCUT2D eigenvalue weighted by Gasteiger charge is -2.15. The fourth-order valence-electron chi connectivity index (χ4n) is 1.93. The molecule has 0 fully saturated rings. The second kappa shape index (κ2) is 11.2. The Bertz CT molecular complexity index is 534. The summed E-state index contributed by atoms with van der Waals surface area (Å²) in [6, 6.07) is 7.49. The monoisotopic (exact) mass is 336 g/mol. The van der Waals surface area contributed by atoms with Crippen molar-refractivity contribution in [3.8, 4) is 11.5 Å². The van der Waals surface area contributed by atoms with Gasteiger partial charge in [0.05, 0.1) is 13.7 Å². The number of carbonyl (C=O) groups excluding carboxylic acids is 1. The minimum atomic E-state index is -0.0806. The van der Waals surface area contributed by atoms with E-state index in [0.717, 1.165) is 18.0 Å². The Kier molecular flexibility index (Phi) is 9.11. The van der Waals surface area contributed by atoms with E-state index in [1.165, 1.54) is 6.92 Å². The van der Waals surface area contributed by atoms with Crippen molar-refractivity contribution in [3.05, 3.63) is 24.3 Å². The van der Waals surface area contributed by atoms with Crippen LogP contribution in [0, 0.1) is 0 Å². The van der Waals surface area contributed by atoms with Gasteiger partial charge in [-0.05, 0) is 26.0 Å². The molecular formula is C17H28N4O3. The number of methoxy groups -OCH3 is 1. The number of hydrogen-bond donors (Lipinski definition) is 3. The largest absolute Gasteiger partial charge is 0.497 e. The van der Waals surface area contributed by atoms with E-state index in [1.54, 1.807) is 7.11 Å². The number of carbonyl (C=O) groups is 1. The Labute approximate surface area is 143 Å². The molecule has 0 bridgehead atoms. The van der Waals surface area contributed by atoms with Crippen LogP contribution in [0.3, 0.4) is 0 Å². The zero-order valence-electron chi connectivity index (χ0n) is 14.9. The molecule has 7 heteroatoms. The number of rotatable bonds is 9. The smallest absolute Gasteiger partial charge is 0.216 e. The fourth-order valence-corrected chi connectivity index (χ4v) is 1.93. The molecule has 1 amide bonds. The molecule has 0 saturated carbocycles. The maximum atomic E-state index is 10.8. The molecule has 1 aromatic carbocycles. The number of aliphatic imine (C=N–C) groups is 1. The molecule has 24 heavy (non-hydrogen) atoms. The summed E-state index contributed by atoms with van der Waals surface area (Å²) in [7, 11) is 1.63. The van der Waals surface area contributed by atoms with Crippen LogP contribution in [0.15, 0.2) is 29.3 Å². The van der Waals surface area contributed by atoms with Gasteiger partial charge >= 0.3 is 0 Å². The zero-order chi connectivity index (χ0) is 17.8. The topological polar surface area (TPSA) is 84.0 Å². The van der Waals surface area contributed by atoms with Gasteiger partial charge in [0.2, 0.25) is 5.91 Å². The van der Waals surface area contributed by atoms with Crippen molar-refractivity contribution in [2.24, 2.45) is 4.99 Å². The summed E-state index contributed by atoms with van der Waals surface area (Å²) in [5.41, 5.74) is 0. The van der Waals surface area contributed by atoms with Gasteiger partial charge in [-0.3, -0.25) is 4.79 Å². The molecule has 0 aliphatic heterocycles. The van der Waals surface area contributed by atoms with Gasteiger partial charge in [0.25, 0.3) is 0 Å². The van der Waals surface area contributed by atoms with Crippen LogP contribution >= 0.6 is 0 Å². The van der Waals surface area contributed by atoms with Crippen molar-refractivity contribution < 1.29 is 14.3 Å². The van der Waals surface area contributed by atoms with E-state index in [-0.39, 0.29) is 12.0 Å². The Morgan fingerprint density at radius 3 is 2.58 bits per heavy atom. The molecule has 0 heterocycles. The van der Waals surface area contributed by atoms with Gasteiger partial charge in [-0.25, -0.2) is 4.99 Å². The maximum Gasteiger partial charge on any atom is 0.216 e. The molecule has 0 aromatic heterocycles. The van der Waals surface area contributed by atoms with Crippen LogP contribution in [0.5, 0.6) is 11.5 Å². The van der Waals surface area contributed by atoms with Crippen molar-refractivity contribution >= 4 is 11.9 Å². The van der Waals surface area contributed by atoms with Crippen molar-refractivity contribution in [1.29, 1.82) is 0 Å². The number of amides is 1. The van der Waals surface area contributed by atoms with Gasteiger partial charge in [0.15, 0.2) is 5.96 Å². The first-order chi connectivity index (χ1) is 11.5. The lowest BCUT2D eigenvalue weighted by molar-refractivity contribution is -0.118. The lowest BCUT2D eigenvalue weighted by atomic mass is 10.3. The highest BCUT2D eigenvalue weighted by atomic mass is 16.5. The summed E-state index contributed by atoms with van der Waals surface area (Å²) < 4.78 is 11.0. The summed E-state index contributed by atoms with van der Waals surface area (Å²) in [5.74, 6) is 2.17. The predicted octanol–water partition coefficient (Wildman–Crippen LogP) is 1.15. The number of benzene rings is 1. The van der Waals surface area contributed by atoms with E-state index in [4.69, 9.17) is 9.47 Å². The highest BCUT2D eigenvalue weighted by Crippen LogP contribution is 2.19. The average Bonchev–Trinajstić information content (AvgIpc) is 2.56. The predicted molar refractivity (Wildman–Crippen MR) is 95.7 cm³/mol. The molecule has 0 aliphatic rings. The quantitative estimate of drug-likeness (QED) is 0.358. The molecule has 7 nitrogen and oxygen atoms in total. The van der Waals surface area contributed by atoms with Crippen LogP contribution in [0.1, 0.15) is 20.8 Å². The second-order valence-corrected chi connectivity index (χ2v) is 5.24. The van der Waals surface area contributed by atoms with Gasteiger partial charge < -0.3 is 25.4 Å². The Morgan fingerprint density at radius 2 is 1.92 bits per heavy atom. The lowest BCUT2D eigenvalue weighted by Crippen LogP contribution is -2.41. The molecule has 1 unspecified atom stereocenters. The molecule has 1 rings (SSSR count). The number of nitrogens with zero attached hydrogens (tertiary/aromatic N) is 1. The van der Waals surface area contributed by atoms with Gasteiger partial charge in [-0.2, -0.15) is 0 Å². The zero-order valence-corrected chi connectivity index (χ0v) is 14.9. The summed E-state index contributed by atoms with van der Waals surface area (Å²) in [5, 5.41) is 9.05. The van der Waals surface area contributed by atoms with Gasteiger partial charge in [0.1, 0.15) is 17.6 Å². The summed E-state index contributed by atoms with van der Waals surface area (Å²) in [4.78, 5) is 15.3. The molecule has 134 valence electrons. The third kappa shape index (κ3) is 8.26. The molecule has 0 spiro atoms. The standard InChI is InChI=1S/C17H28N4O3/c1-5-18-17(20-10-9-19-14(3)22)21-12-13(2)24-16-8-6-7-15(11-16)23-4/h6-8,11,13H,5,9-10,12H2,1-4H3,(H,19,22)(H2,18,20,21). The van der Waals surface area contributed by atoms with E-state index in [1.807, 2.05) is 38.1 Å². The van der Waals surface area contributed by atoms with Gasteiger partial charge in [-0.15, -0.1) is 0 Å². The first-order valence-corrected chi connectivity index (χ1v) is 8.12. The summed E-state index contributed by atoms with van der Waals surface area (Å²) in [6.07, 6.45) is -0.0806. The summed E-state index contributed by atoms with van der Waals surface area (Å²) in [6.45, 7) is 7.89. The minimum Gasteiger partial charge on any atom is -0.497 e. The molecule has 3 N–H and O–H groups in total. The Morgan fingerprint density at radius 1 is 1.21 bits per heavy atom. The van der Waals surface area contributed by atoms with Crippen molar-refractivity contribution in [2.45, 2.75) is 26.9 Å². The summed E-state index contributed by atoms with van der Waals surface area (Å²) >= 11 is 0.